The maximum Gasteiger partial charge on any atom is 0.417 e. The summed E-state index contributed by atoms with van der Waals surface area (Å²) in [7, 11) is 0. The van der Waals surface area contributed by atoms with Crippen molar-refractivity contribution in [2.45, 2.75) is 44.9 Å². The van der Waals surface area contributed by atoms with E-state index in [1.807, 2.05) is 0 Å². The fourth-order valence-corrected chi connectivity index (χ4v) is 2.74. The third-order valence-corrected chi connectivity index (χ3v) is 3.78. The van der Waals surface area contributed by atoms with E-state index in [0.717, 1.165) is 31.7 Å². The predicted molar refractivity (Wildman–Crippen MR) is 74.5 cm³/mol. The second kappa shape index (κ2) is 5.95. The summed E-state index contributed by atoms with van der Waals surface area (Å²) in [6.45, 7) is 2.12. The fourth-order valence-electron chi connectivity index (χ4n) is 2.74. The Balaban J connectivity index is 2.23. The quantitative estimate of drug-likeness (QED) is 0.656. The van der Waals surface area contributed by atoms with Crippen LogP contribution < -0.4 is 10.5 Å². The lowest BCUT2D eigenvalue weighted by Crippen LogP contribution is -2.24. The van der Waals surface area contributed by atoms with E-state index in [1.165, 1.54) is 12.1 Å². The van der Waals surface area contributed by atoms with Crippen LogP contribution in [0.15, 0.2) is 18.2 Å². The third kappa shape index (κ3) is 3.89. The van der Waals surface area contributed by atoms with E-state index in [1.54, 1.807) is 0 Å². The van der Waals surface area contributed by atoms with E-state index in [4.69, 9.17) is 15.9 Å². The van der Waals surface area contributed by atoms with Gasteiger partial charge >= 0.3 is 6.18 Å². The zero-order valence-corrected chi connectivity index (χ0v) is 11.8. The Labute approximate surface area is 121 Å². The van der Waals surface area contributed by atoms with Crippen LogP contribution in [0.1, 0.15) is 43.7 Å². The average Bonchev–Trinajstić information content (AvgIpc) is 2.37. The number of alkyl halides is 3. The highest BCUT2D eigenvalue weighted by molar-refractivity contribution is 5.96. The molecule has 1 fully saturated rings. The number of nitrogens with one attached hydrogen (secondary N) is 1. The molecular weight excluding hydrogens is 281 g/mol. The maximum absolute atomic E-state index is 13.0. The van der Waals surface area contributed by atoms with Crippen molar-refractivity contribution in [1.82, 2.24) is 0 Å². The van der Waals surface area contributed by atoms with Crippen LogP contribution >= 0.6 is 0 Å². The summed E-state index contributed by atoms with van der Waals surface area (Å²) in [5.74, 6) is 0.119. The molecule has 21 heavy (non-hydrogen) atoms. The molecule has 116 valence electrons. The van der Waals surface area contributed by atoms with Gasteiger partial charge in [-0.25, -0.2) is 0 Å². The summed E-state index contributed by atoms with van der Waals surface area (Å²) >= 11 is 0. The van der Waals surface area contributed by atoms with Crippen molar-refractivity contribution in [3.63, 3.8) is 0 Å². The summed E-state index contributed by atoms with van der Waals surface area (Å²) in [6, 6.07) is 3.59. The van der Waals surface area contributed by atoms with Crippen molar-refractivity contribution in [1.29, 1.82) is 5.41 Å². The van der Waals surface area contributed by atoms with Gasteiger partial charge in [-0.3, -0.25) is 5.41 Å². The first-order chi connectivity index (χ1) is 9.77. The lowest BCUT2D eigenvalue weighted by molar-refractivity contribution is -0.137. The van der Waals surface area contributed by atoms with Crippen LogP contribution in [-0.2, 0) is 6.18 Å². The smallest absolute Gasteiger partial charge is 0.417 e. The molecule has 3 N–H and O–H groups in total. The Kier molecular flexibility index (Phi) is 4.44. The number of nitrogens with two attached hydrogens (primary N) is 1. The molecule has 0 bridgehead atoms. The van der Waals surface area contributed by atoms with Crippen LogP contribution in [0, 0.1) is 11.3 Å². The number of hydrogen-bond acceptors (Lipinski definition) is 2. The van der Waals surface area contributed by atoms with Gasteiger partial charge in [0.05, 0.1) is 11.7 Å². The molecule has 0 aromatic heterocycles. The standard InChI is InChI=1S/C15H19F3N2O/c1-9-3-2-4-10(7-9)21-11-5-6-12(14(19)20)13(8-11)15(16,17)18/h5-6,8-10H,2-4,7H2,1H3,(H3,19,20). The Bertz CT molecular complexity index is 528. The lowest BCUT2D eigenvalue weighted by Gasteiger charge is -2.27. The lowest BCUT2D eigenvalue weighted by atomic mass is 9.88. The van der Waals surface area contributed by atoms with Crippen molar-refractivity contribution < 1.29 is 17.9 Å². The largest absolute Gasteiger partial charge is 0.490 e. The average molecular weight is 300 g/mol. The van der Waals surface area contributed by atoms with Crippen molar-refractivity contribution in [2.24, 2.45) is 11.7 Å². The van der Waals surface area contributed by atoms with Crippen molar-refractivity contribution in [3.8, 4) is 5.75 Å². The van der Waals surface area contributed by atoms with E-state index in [0.29, 0.717) is 5.92 Å². The molecule has 1 aromatic carbocycles. The molecule has 0 amide bonds. The van der Waals surface area contributed by atoms with Crippen LogP contribution in [0.25, 0.3) is 0 Å². The van der Waals surface area contributed by atoms with Gasteiger partial charge in [0.1, 0.15) is 11.6 Å². The monoisotopic (exact) mass is 300 g/mol. The Morgan fingerprint density at radius 3 is 2.62 bits per heavy atom. The Hall–Kier alpha value is -1.72. The number of ether oxygens (including phenoxy) is 1. The molecule has 1 aliphatic carbocycles. The molecule has 0 spiro atoms. The molecule has 1 aromatic rings. The molecule has 0 radical (unpaired) electrons. The first kappa shape index (κ1) is 15.7. The number of halogens is 3. The van der Waals surface area contributed by atoms with Gasteiger partial charge in [-0.05, 0) is 43.4 Å². The maximum atomic E-state index is 13.0. The third-order valence-electron chi connectivity index (χ3n) is 3.78. The van der Waals surface area contributed by atoms with E-state index >= 15 is 0 Å². The van der Waals surface area contributed by atoms with Crippen LogP contribution in [-0.4, -0.2) is 11.9 Å². The van der Waals surface area contributed by atoms with Crippen molar-refractivity contribution >= 4 is 5.84 Å². The molecule has 0 aliphatic heterocycles. The summed E-state index contributed by atoms with van der Waals surface area (Å²) in [6.07, 6.45) is -0.714. The SMILES string of the molecule is CC1CCCC(Oc2ccc(C(=N)N)c(C(F)(F)F)c2)C1. The topological polar surface area (TPSA) is 59.1 Å². The zero-order valence-electron chi connectivity index (χ0n) is 11.8. The predicted octanol–water partition coefficient (Wildman–Crippen LogP) is 3.95. The van der Waals surface area contributed by atoms with Crippen molar-refractivity contribution in [2.75, 3.05) is 0 Å². The number of benzene rings is 1. The molecule has 2 unspecified atom stereocenters. The van der Waals surface area contributed by atoms with E-state index in [-0.39, 0.29) is 17.4 Å². The minimum absolute atomic E-state index is 0.0435. The van der Waals surface area contributed by atoms with Gasteiger partial charge < -0.3 is 10.5 Å². The molecule has 3 nitrogen and oxygen atoms in total. The van der Waals surface area contributed by atoms with Gasteiger partial charge in [-0.1, -0.05) is 13.3 Å². The summed E-state index contributed by atoms with van der Waals surface area (Å²) < 4.78 is 44.7. The normalized spacial score (nSPS) is 22.9. The van der Waals surface area contributed by atoms with E-state index < -0.39 is 17.6 Å². The number of hydrogen-bond donors (Lipinski definition) is 2. The molecule has 2 atom stereocenters. The van der Waals surface area contributed by atoms with Crippen molar-refractivity contribution in [3.05, 3.63) is 29.3 Å². The second-order valence-corrected chi connectivity index (χ2v) is 5.63. The number of nitrogen functional groups attached to an aromatic ring is 1. The number of rotatable bonds is 3. The number of amidine groups is 1. The van der Waals surface area contributed by atoms with Crippen LogP contribution in [0.5, 0.6) is 5.75 Å². The molecule has 1 aliphatic rings. The van der Waals surface area contributed by atoms with Gasteiger partial charge in [0, 0.05) is 5.56 Å². The summed E-state index contributed by atoms with van der Waals surface area (Å²) in [4.78, 5) is 0. The zero-order chi connectivity index (χ0) is 15.6. The van der Waals surface area contributed by atoms with Gasteiger partial charge in [-0.15, -0.1) is 0 Å². The highest BCUT2D eigenvalue weighted by Crippen LogP contribution is 2.35. The minimum Gasteiger partial charge on any atom is -0.490 e. The van der Waals surface area contributed by atoms with Crippen LogP contribution in [0.2, 0.25) is 0 Å². The molecule has 0 heterocycles. The molecule has 6 heteroatoms. The van der Waals surface area contributed by atoms with Crippen LogP contribution in [0.3, 0.4) is 0 Å². The molecular formula is C15H19F3N2O. The second-order valence-electron chi connectivity index (χ2n) is 5.63. The Morgan fingerprint density at radius 2 is 2.05 bits per heavy atom. The molecule has 2 rings (SSSR count). The van der Waals surface area contributed by atoms with Gasteiger partial charge in [0.2, 0.25) is 0 Å². The first-order valence-corrected chi connectivity index (χ1v) is 6.99. The van der Waals surface area contributed by atoms with E-state index in [2.05, 4.69) is 6.92 Å². The highest BCUT2D eigenvalue weighted by Gasteiger charge is 2.35. The van der Waals surface area contributed by atoms with Gasteiger partial charge in [0.15, 0.2) is 0 Å². The molecule has 1 saturated carbocycles. The highest BCUT2D eigenvalue weighted by atomic mass is 19.4. The van der Waals surface area contributed by atoms with Gasteiger partial charge in [0.25, 0.3) is 0 Å². The molecule has 0 saturated heterocycles. The minimum atomic E-state index is -4.56. The Morgan fingerprint density at radius 1 is 1.33 bits per heavy atom. The first-order valence-electron chi connectivity index (χ1n) is 6.99. The van der Waals surface area contributed by atoms with Gasteiger partial charge in [-0.2, -0.15) is 13.2 Å². The van der Waals surface area contributed by atoms with Crippen LogP contribution in [0.4, 0.5) is 13.2 Å². The fraction of sp³-hybridized carbons (Fsp3) is 0.533. The summed E-state index contributed by atoms with van der Waals surface area (Å²) in [5.41, 5.74) is 3.97. The summed E-state index contributed by atoms with van der Waals surface area (Å²) in [5, 5.41) is 7.24. The van der Waals surface area contributed by atoms with E-state index in [9.17, 15) is 13.2 Å².